The molecule has 0 unspecified atom stereocenters. The maximum Gasteiger partial charge on any atom is 0.470 e. The molecule has 1 rings (SSSR count). The zero-order valence-electron chi connectivity index (χ0n) is 7.45. The van der Waals surface area contributed by atoms with E-state index in [0.29, 0.717) is 10.3 Å². The van der Waals surface area contributed by atoms with Crippen LogP contribution in [0, 0.1) is 0 Å². The Balaban J connectivity index is 2.74. The Kier molecular flexibility index (Phi) is 3.35. The zero-order valence-corrected chi connectivity index (χ0v) is 8.27. The SMILES string of the molecule is O=S(=O)(Cc1ccccc1)NC(F)(F)F. The summed E-state index contributed by atoms with van der Waals surface area (Å²) in [5.41, 5.74) is 0.300. The van der Waals surface area contributed by atoms with Crippen molar-refractivity contribution in [3.8, 4) is 0 Å². The van der Waals surface area contributed by atoms with Crippen LogP contribution in [0.2, 0.25) is 0 Å². The fourth-order valence-corrected chi connectivity index (χ4v) is 2.06. The van der Waals surface area contributed by atoms with Crippen molar-refractivity contribution in [3.05, 3.63) is 35.9 Å². The monoisotopic (exact) mass is 239 g/mol. The summed E-state index contributed by atoms with van der Waals surface area (Å²) in [6.45, 7) is 0. The molecule has 0 atom stereocenters. The molecular weight excluding hydrogens is 231 g/mol. The summed E-state index contributed by atoms with van der Waals surface area (Å²) in [5, 5.41) is 0. The van der Waals surface area contributed by atoms with Crippen LogP contribution in [0.25, 0.3) is 0 Å². The number of sulfonamides is 1. The van der Waals surface area contributed by atoms with Gasteiger partial charge in [-0.3, -0.25) is 0 Å². The van der Waals surface area contributed by atoms with Gasteiger partial charge >= 0.3 is 6.30 Å². The van der Waals surface area contributed by atoms with Crippen molar-refractivity contribution in [1.82, 2.24) is 4.72 Å². The van der Waals surface area contributed by atoms with Crippen LogP contribution in [-0.2, 0) is 15.8 Å². The van der Waals surface area contributed by atoms with Gasteiger partial charge in [-0.05, 0) is 5.56 Å². The van der Waals surface area contributed by atoms with Crippen LogP contribution >= 0.6 is 0 Å². The normalized spacial score (nSPS) is 12.7. The molecule has 0 aliphatic rings. The second-order valence-corrected chi connectivity index (χ2v) is 4.57. The smallest absolute Gasteiger partial charge is 0.212 e. The van der Waals surface area contributed by atoms with Crippen LogP contribution < -0.4 is 4.72 Å². The highest BCUT2D eigenvalue weighted by atomic mass is 32.2. The van der Waals surface area contributed by atoms with Gasteiger partial charge in [0.1, 0.15) is 0 Å². The van der Waals surface area contributed by atoms with E-state index in [-0.39, 0.29) is 0 Å². The Hall–Kier alpha value is -1.08. The topological polar surface area (TPSA) is 46.2 Å². The number of benzene rings is 1. The molecule has 0 bridgehead atoms. The van der Waals surface area contributed by atoms with Crippen LogP contribution in [0.15, 0.2) is 30.3 Å². The fraction of sp³-hybridized carbons (Fsp3) is 0.250. The zero-order chi connectivity index (χ0) is 11.5. The third-order valence-electron chi connectivity index (χ3n) is 1.47. The Morgan fingerprint density at radius 2 is 1.67 bits per heavy atom. The molecule has 0 fully saturated rings. The number of hydrogen-bond acceptors (Lipinski definition) is 2. The van der Waals surface area contributed by atoms with Gasteiger partial charge in [0.05, 0.1) is 5.75 Å². The number of rotatable bonds is 3. The molecule has 1 N–H and O–H groups in total. The summed E-state index contributed by atoms with van der Waals surface area (Å²) < 4.78 is 57.9. The third-order valence-corrected chi connectivity index (χ3v) is 2.73. The summed E-state index contributed by atoms with van der Waals surface area (Å²) in [7, 11) is -4.37. The van der Waals surface area contributed by atoms with Crippen molar-refractivity contribution in [2.24, 2.45) is 0 Å². The van der Waals surface area contributed by atoms with Crippen molar-refractivity contribution in [1.29, 1.82) is 0 Å². The van der Waals surface area contributed by atoms with Gasteiger partial charge in [-0.15, -0.1) is 4.72 Å². The molecule has 0 aromatic heterocycles. The summed E-state index contributed by atoms with van der Waals surface area (Å²) >= 11 is 0. The minimum atomic E-state index is -4.92. The molecule has 7 heteroatoms. The number of nitrogens with one attached hydrogen (secondary N) is 1. The minimum Gasteiger partial charge on any atom is -0.212 e. The number of halogens is 3. The van der Waals surface area contributed by atoms with Gasteiger partial charge in [0.15, 0.2) is 0 Å². The summed E-state index contributed by atoms with van der Waals surface area (Å²) in [5.74, 6) is -0.687. The van der Waals surface area contributed by atoms with E-state index in [1.165, 1.54) is 12.1 Å². The van der Waals surface area contributed by atoms with E-state index in [2.05, 4.69) is 0 Å². The van der Waals surface area contributed by atoms with Gasteiger partial charge in [0.25, 0.3) is 0 Å². The largest absolute Gasteiger partial charge is 0.470 e. The Morgan fingerprint density at radius 3 is 2.13 bits per heavy atom. The lowest BCUT2D eigenvalue weighted by molar-refractivity contribution is -0.138. The van der Waals surface area contributed by atoms with E-state index >= 15 is 0 Å². The number of hydrogen-bond donors (Lipinski definition) is 1. The Labute approximate surface area is 85.0 Å². The first-order valence-corrected chi connectivity index (χ1v) is 5.56. The molecule has 0 saturated heterocycles. The van der Waals surface area contributed by atoms with E-state index in [1.54, 1.807) is 18.2 Å². The fourth-order valence-electron chi connectivity index (χ4n) is 1.01. The molecule has 0 aliphatic heterocycles. The highest BCUT2D eigenvalue weighted by Gasteiger charge is 2.33. The second kappa shape index (κ2) is 4.19. The van der Waals surface area contributed by atoms with Crippen molar-refractivity contribution in [2.45, 2.75) is 12.1 Å². The van der Waals surface area contributed by atoms with E-state index in [0.717, 1.165) is 0 Å². The lowest BCUT2D eigenvalue weighted by Crippen LogP contribution is -2.37. The van der Waals surface area contributed by atoms with Crippen molar-refractivity contribution in [3.63, 3.8) is 0 Å². The van der Waals surface area contributed by atoms with Gasteiger partial charge in [-0.1, -0.05) is 30.3 Å². The molecule has 3 nitrogen and oxygen atoms in total. The maximum atomic E-state index is 11.8. The van der Waals surface area contributed by atoms with Crippen LogP contribution in [-0.4, -0.2) is 14.7 Å². The predicted molar refractivity (Wildman–Crippen MR) is 48.3 cm³/mol. The highest BCUT2D eigenvalue weighted by Crippen LogP contribution is 2.13. The first kappa shape index (κ1) is 12.0. The quantitative estimate of drug-likeness (QED) is 0.815. The van der Waals surface area contributed by atoms with Crippen LogP contribution in [0.5, 0.6) is 0 Å². The lowest BCUT2D eigenvalue weighted by Gasteiger charge is -2.09. The van der Waals surface area contributed by atoms with E-state index in [1.807, 2.05) is 0 Å². The first-order valence-electron chi connectivity index (χ1n) is 3.91. The van der Waals surface area contributed by atoms with Crippen molar-refractivity contribution in [2.75, 3.05) is 0 Å². The maximum absolute atomic E-state index is 11.8. The number of alkyl halides is 3. The molecule has 15 heavy (non-hydrogen) atoms. The molecule has 0 heterocycles. The van der Waals surface area contributed by atoms with Crippen molar-refractivity contribution >= 4 is 10.0 Å². The molecule has 0 spiro atoms. The third kappa shape index (κ3) is 4.80. The average Bonchev–Trinajstić information content (AvgIpc) is 1.99. The van der Waals surface area contributed by atoms with Gasteiger partial charge in [-0.25, -0.2) is 8.42 Å². The van der Waals surface area contributed by atoms with E-state index < -0.39 is 22.1 Å². The molecule has 84 valence electrons. The molecule has 0 aliphatic carbocycles. The van der Waals surface area contributed by atoms with Crippen LogP contribution in [0.3, 0.4) is 0 Å². The lowest BCUT2D eigenvalue weighted by atomic mass is 10.2. The summed E-state index contributed by atoms with van der Waals surface area (Å²) in [4.78, 5) is 0. The second-order valence-electron chi connectivity index (χ2n) is 2.84. The molecule has 0 radical (unpaired) electrons. The first-order chi connectivity index (χ1) is 6.79. The van der Waals surface area contributed by atoms with Gasteiger partial charge in [0.2, 0.25) is 10.0 Å². The van der Waals surface area contributed by atoms with E-state index in [9.17, 15) is 21.6 Å². The highest BCUT2D eigenvalue weighted by molar-refractivity contribution is 7.88. The van der Waals surface area contributed by atoms with Gasteiger partial charge < -0.3 is 0 Å². The summed E-state index contributed by atoms with van der Waals surface area (Å²) in [6.07, 6.45) is -4.92. The average molecular weight is 239 g/mol. The predicted octanol–water partition coefficient (Wildman–Crippen LogP) is 1.63. The summed E-state index contributed by atoms with van der Waals surface area (Å²) in [6, 6.07) is 7.63. The minimum absolute atomic E-state index is 0.300. The van der Waals surface area contributed by atoms with Gasteiger partial charge in [-0.2, -0.15) is 13.2 Å². The molecule has 1 aromatic rings. The molecule has 0 amide bonds. The Bertz CT molecular complexity index is 413. The van der Waals surface area contributed by atoms with Crippen LogP contribution in [0.1, 0.15) is 5.56 Å². The Morgan fingerprint density at radius 1 is 1.13 bits per heavy atom. The molecule has 1 aromatic carbocycles. The molecular formula is C8H8F3NO2S. The molecule has 0 saturated carbocycles. The van der Waals surface area contributed by atoms with Gasteiger partial charge in [0, 0.05) is 0 Å². The van der Waals surface area contributed by atoms with Crippen molar-refractivity contribution < 1.29 is 21.6 Å². The standard InChI is InChI=1S/C8H8F3NO2S/c9-8(10,11)12-15(13,14)6-7-4-2-1-3-5-7/h1-5,12H,6H2. The van der Waals surface area contributed by atoms with Crippen LogP contribution in [0.4, 0.5) is 13.2 Å². The van der Waals surface area contributed by atoms with E-state index in [4.69, 9.17) is 0 Å².